The van der Waals surface area contributed by atoms with Crippen LogP contribution in [-0.2, 0) is 29.1 Å². The van der Waals surface area contributed by atoms with Crippen LogP contribution < -0.4 is 19.5 Å². The van der Waals surface area contributed by atoms with E-state index in [-0.39, 0.29) is 31.3 Å². The summed E-state index contributed by atoms with van der Waals surface area (Å²) in [5, 5.41) is 2.88. The molecule has 0 aliphatic carbocycles. The highest BCUT2D eigenvalue weighted by molar-refractivity contribution is 5.88. The van der Waals surface area contributed by atoms with Crippen LogP contribution in [0.1, 0.15) is 23.7 Å². The Hall–Kier alpha value is -4.07. The number of carbonyl (C=O) groups is 2. The number of amides is 2. The summed E-state index contributed by atoms with van der Waals surface area (Å²) >= 11 is 0. The van der Waals surface area contributed by atoms with Crippen LogP contribution in [0.3, 0.4) is 0 Å². The average molecular weight is 478 g/mol. The molecule has 0 fully saturated rings. The topological polar surface area (TPSA) is 90.0 Å². The monoisotopic (exact) mass is 477 g/mol. The smallest absolute Gasteiger partial charge is 0.242 e. The van der Waals surface area contributed by atoms with Crippen molar-refractivity contribution in [2.45, 2.75) is 32.5 Å². The molecule has 184 valence electrons. The first kappa shape index (κ1) is 25.6. The standard InChI is InChI=1S/C27H31N3O5/c1-19(27(32)29-17-22-7-5-6-14-28-22)30(18-20-8-11-23(33-2)12-9-20)26(31)16-21-10-13-24(34-3)25(15-21)35-4/h5-15,19H,16-18H2,1-4H3,(H,29,32)/t19-/m0/s1. The molecule has 0 aliphatic heterocycles. The van der Waals surface area contributed by atoms with E-state index in [1.54, 1.807) is 51.5 Å². The maximum Gasteiger partial charge on any atom is 0.242 e. The number of methoxy groups -OCH3 is 3. The van der Waals surface area contributed by atoms with Crippen molar-refractivity contribution in [1.82, 2.24) is 15.2 Å². The molecule has 35 heavy (non-hydrogen) atoms. The molecule has 1 heterocycles. The predicted molar refractivity (Wildman–Crippen MR) is 132 cm³/mol. The van der Waals surface area contributed by atoms with Crippen molar-refractivity contribution in [3.05, 3.63) is 83.7 Å². The molecule has 1 atom stereocenters. The maximum atomic E-state index is 13.5. The molecule has 8 nitrogen and oxygen atoms in total. The lowest BCUT2D eigenvalue weighted by Crippen LogP contribution is -2.48. The Kier molecular flexibility index (Phi) is 9.06. The molecule has 1 N–H and O–H groups in total. The normalized spacial score (nSPS) is 11.3. The van der Waals surface area contributed by atoms with Crippen LogP contribution >= 0.6 is 0 Å². The summed E-state index contributed by atoms with van der Waals surface area (Å²) in [5.74, 6) is 1.40. The number of hydrogen-bond donors (Lipinski definition) is 1. The average Bonchev–Trinajstić information content (AvgIpc) is 2.90. The lowest BCUT2D eigenvalue weighted by Gasteiger charge is -2.29. The molecule has 3 rings (SSSR count). The summed E-state index contributed by atoms with van der Waals surface area (Å²) in [7, 11) is 4.71. The molecule has 0 spiro atoms. The Morgan fingerprint density at radius 3 is 2.26 bits per heavy atom. The summed E-state index contributed by atoms with van der Waals surface area (Å²) in [6.07, 6.45) is 1.78. The van der Waals surface area contributed by atoms with Gasteiger partial charge in [0.25, 0.3) is 0 Å². The lowest BCUT2D eigenvalue weighted by molar-refractivity contribution is -0.140. The summed E-state index contributed by atoms with van der Waals surface area (Å²) in [4.78, 5) is 32.3. The van der Waals surface area contributed by atoms with Crippen LogP contribution in [0.2, 0.25) is 0 Å². The van der Waals surface area contributed by atoms with E-state index >= 15 is 0 Å². The van der Waals surface area contributed by atoms with E-state index in [1.807, 2.05) is 48.5 Å². The van der Waals surface area contributed by atoms with Gasteiger partial charge in [0.2, 0.25) is 11.8 Å². The summed E-state index contributed by atoms with van der Waals surface area (Å²) in [5.41, 5.74) is 2.38. The minimum Gasteiger partial charge on any atom is -0.497 e. The number of aromatic nitrogens is 1. The zero-order valence-electron chi connectivity index (χ0n) is 20.5. The lowest BCUT2D eigenvalue weighted by atomic mass is 10.1. The minimum atomic E-state index is -0.701. The molecular weight excluding hydrogens is 446 g/mol. The number of carbonyl (C=O) groups excluding carboxylic acids is 2. The predicted octanol–water partition coefficient (Wildman–Crippen LogP) is 3.38. The van der Waals surface area contributed by atoms with Crippen molar-refractivity contribution >= 4 is 11.8 Å². The Morgan fingerprint density at radius 2 is 1.63 bits per heavy atom. The van der Waals surface area contributed by atoms with E-state index in [0.29, 0.717) is 11.5 Å². The third-order valence-electron chi connectivity index (χ3n) is 5.65. The zero-order chi connectivity index (χ0) is 25.2. The van der Waals surface area contributed by atoms with Gasteiger partial charge in [0.1, 0.15) is 11.8 Å². The first-order chi connectivity index (χ1) is 16.9. The number of ether oxygens (including phenoxy) is 3. The zero-order valence-corrected chi connectivity index (χ0v) is 20.5. The molecule has 0 saturated carbocycles. The molecule has 8 heteroatoms. The molecule has 0 aliphatic rings. The highest BCUT2D eigenvalue weighted by atomic mass is 16.5. The second-order valence-corrected chi connectivity index (χ2v) is 7.95. The van der Waals surface area contributed by atoms with E-state index in [4.69, 9.17) is 14.2 Å². The Bertz CT molecular complexity index is 1120. The Labute approximate surface area is 205 Å². The van der Waals surface area contributed by atoms with Crippen molar-refractivity contribution in [2.75, 3.05) is 21.3 Å². The van der Waals surface area contributed by atoms with Gasteiger partial charge in [-0.3, -0.25) is 14.6 Å². The Morgan fingerprint density at radius 1 is 0.914 bits per heavy atom. The van der Waals surface area contributed by atoms with Gasteiger partial charge in [-0.1, -0.05) is 24.3 Å². The van der Waals surface area contributed by atoms with E-state index in [9.17, 15) is 9.59 Å². The summed E-state index contributed by atoms with van der Waals surface area (Å²) in [6.45, 7) is 2.28. The van der Waals surface area contributed by atoms with Gasteiger partial charge < -0.3 is 24.4 Å². The van der Waals surface area contributed by atoms with Crippen LogP contribution in [-0.4, -0.2) is 49.1 Å². The number of nitrogens with one attached hydrogen (secondary N) is 1. The van der Waals surface area contributed by atoms with Gasteiger partial charge in [0.15, 0.2) is 11.5 Å². The van der Waals surface area contributed by atoms with Crippen molar-refractivity contribution in [2.24, 2.45) is 0 Å². The van der Waals surface area contributed by atoms with Gasteiger partial charge in [-0.05, 0) is 54.4 Å². The second-order valence-electron chi connectivity index (χ2n) is 7.95. The molecule has 0 radical (unpaired) electrons. The van der Waals surface area contributed by atoms with Gasteiger partial charge in [0.05, 0.1) is 40.0 Å². The molecular formula is C27H31N3O5. The van der Waals surface area contributed by atoms with E-state index in [2.05, 4.69) is 10.3 Å². The van der Waals surface area contributed by atoms with E-state index in [1.165, 1.54) is 0 Å². The SMILES string of the molecule is COc1ccc(CN(C(=O)Cc2ccc(OC)c(OC)c2)[C@@H](C)C(=O)NCc2ccccn2)cc1. The van der Waals surface area contributed by atoms with E-state index < -0.39 is 6.04 Å². The third-order valence-corrected chi connectivity index (χ3v) is 5.65. The number of rotatable bonds is 11. The van der Waals surface area contributed by atoms with Gasteiger partial charge in [-0.2, -0.15) is 0 Å². The number of benzene rings is 2. The fourth-order valence-corrected chi connectivity index (χ4v) is 3.61. The van der Waals surface area contributed by atoms with Gasteiger partial charge >= 0.3 is 0 Å². The van der Waals surface area contributed by atoms with Crippen LogP contribution in [0.4, 0.5) is 0 Å². The third kappa shape index (κ3) is 6.96. The van der Waals surface area contributed by atoms with Gasteiger partial charge in [-0.15, -0.1) is 0 Å². The Balaban J connectivity index is 1.79. The number of nitrogens with zero attached hydrogens (tertiary/aromatic N) is 2. The molecule has 0 saturated heterocycles. The fraction of sp³-hybridized carbons (Fsp3) is 0.296. The molecule has 1 aromatic heterocycles. The molecule has 0 bridgehead atoms. The summed E-state index contributed by atoms with van der Waals surface area (Å²) < 4.78 is 15.9. The van der Waals surface area contributed by atoms with Crippen molar-refractivity contribution in [1.29, 1.82) is 0 Å². The molecule has 2 amide bonds. The fourth-order valence-electron chi connectivity index (χ4n) is 3.61. The van der Waals surface area contributed by atoms with Crippen LogP contribution in [0.15, 0.2) is 66.9 Å². The van der Waals surface area contributed by atoms with Crippen LogP contribution in [0.5, 0.6) is 17.2 Å². The van der Waals surface area contributed by atoms with Crippen molar-refractivity contribution in [3.8, 4) is 17.2 Å². The first-order valence-corrected chi connectivity index (χ1v) is 11.3. The molecule has 3 aromatic rings. The van der Waals surface area contributed by atoms with Crippen LogP contribution in [0, 0.1) is 0 Å². The highest BCUT2D eigenvalue weighted by Crippen LogP contribution is 2.28. The number of pyridine rings is 1. The van der Waals surface area contributed by atoms with Crippen molar-refractivity contribution in [3.63, 3.8) is 0 Å². The minimum absolute atomic E-state index is 0.106. The first-order valence-electron chi connectivity index (χ1n) is 11.3. The molecule has 0 unspecified atom stereocenters. The highest BCUT2D eigenvalue weighted by Gasteiger charge is 2.26. The summed E-state index contributed by atoms with van der Waals surface area (Å²) in [6, 6.07) is 17.6. The van der Waals surface area contributed by atoms with Gasteiger partial charge in [-0.25, -0.2) is 0 Å². The molecule has 2 aromatic carbocycles. The van der Waals surface area contributed by atoms with Crippen molar-refractivity contribution < 1.29 is 23.8 Å². The maximum absolute atomic E-state index is 13.5. The van der Waals surface area contributed by atoms with Gasteiger partial charge in [0, 0.05) is 12.7 Å². The quantitative estimate of drug-likeness (QED) is 0.455. The largest absolute Gasteiger partial charge is 0.497 e. The number of hydrogen-bond acceptors (Lipinski definition) is 6. The van der Waals surface area contributed by atoms with E-state index in [0.717, 1.165) is 22.6 Å². The van der Waals surface area contributed by atoms with Crippen LogP contribution in [0.25, 0.3) is 0 Å². The second kappa shape index (κ2) is 12.4.